The second kappa shape index (κ2) is 9.99. The third-order valence-electron chi connectivity index (χ3n) is 4.64. The maximum absolute atomic E-state index is 12.5. The summed E-state index contributed by atoms with van der Waals surface area (Å²) in [6.45, 7) is 0.0169. The first kappa shape index (κ1) is 22.1. The van der Waals surface area contributed by atoms with Gasteiger partial charge in [-0.3, -0.25) is 4.79 Å². The van der Waals surface area contributed by atoms with Gasteiger partial charge in [-0.15, -0.1) is 22.7 Å². The molecule has 1 atom stereocenters. The standard InChI is InChI=1S/C23H22N2O5S2/c1-28-16-7-5-8-17(29-2)21(16)30-13-14(26)12-24-22(27)19-10-11-20(31-19)23-25-15-6-3-4-9-18(15)32-23/h3-11,14,26H,12-13H2,1-2H3,(H,24,27). The molecular formula is C23H22N2O5S2. The molecule has 4 aromatic rings. The second-order valence-corrected chi connectivity index (χ2v) is 8.93. The van der Waals surface area contributed by atoms with E-state index in [2.05, 4.69) is 10.3 Å². The maximum atomic E-state index is 12.5. The highest BCUT2D eigenvalue weighted by Gasteiger charge is 2.16. The number of nitrogens with one attached hydrogen (secondary N) is 1. The van der Waals surface area contributed by atoms with Gasteiger partial charge in [-0.25, -0.2) is 4.98 Å². The van der Waals surface area contributed by atoms with Crippen LogP contribution in [0.1, 0.15) is 9.67 Å². The number of methoxy groups -OCH3 is 2. The van der Waals surface area contributed by atoms with E-state index in [9.17, 15) is 9.90 Å². The lowest BCUT2D eigenvalue weighted by Gasteiger charge is -2.17. The van der Waals surface area contributed by atoms with Gasteiger partial charge < -0.3 is 24.6 Å². The summed E-state index contributed by atoms with van der Waals surface area (Å²) in [5.41, 5.74) is 0.946. The van der Waals surface area contributed by atoms with Gasteiger partial charge in [0.1, 0.15) is 17.7 Å². The van der Waals surface area contributed by atoms with Crippen LogP contribution in [0.25, 0.3) is 20.1 Å². The van der Waals surface area contributed by atoms with Crippen LogP contribution in [0.2, 0.25) is 0 Å². The number of carbonyl (C=O) groups is 1. The lowest BCUT2D eigenvalue weighted by atomic mass is 10.3. The fraction of sp³-hybridized carbons (Fsp3) is 0.217. The van der Waals surface area contributed by atoms with Crippen molar-refractivity contribution >= 4 is 38.8 Å². The number of aliphatic hydroxyl groups excluding tert-OH is 1. The molecule has 0 aliphatic carbocycles. The molecule has 32 heavy (non-hydrogen) atoms. The second-order valence-electron chi connectivity index (χ2n) is 6.82. The SMILES string of the molecule is COc1cccc(OC)c1OCC(O)CNC(=O)c1ccc(-c2nc3ccccc3s2)s1. The highest BCUT2D eigenvalue weighted by atomic mass is 32.1. The first-order valence-electron chi connectivity index (χ1n) is 9.85. The van der Waals surface area contributed by atoms with Gasteiger partial charge in [0, 0.05) is 6.54 Å². The van der Waals surface area contributed by atoms with Crippen molar-refractivity contribution in [2.75, 3.05) is 27.4 Å². The molecular weight excluding hydrogens is 448 g/mol. The number of para-hydroxylation sites is 2. The molecule has 0 saturated carbocycles. The third-order valence-corrected chi connectivity index (χ3v) is 6.92. The molecule has 2 aromatic heterocycles. The zero-order valence-electron chi connectivity index (χ0n) is 17.5. The number of nitrogens with zero attached hydrogens (tertiary/aromatic N) is 1. The summed E-state index contributed by atoms with van der Waals surface area (Å²) in [5.74, 6) is 1.15. The van der Waals surface area contributed by atoms with Crippen molar-refractivity contribution in [3.8, 4) is 27.1 Å². The molecule has 166 valence electrons. The summed E-state index contributed by atoms with van der Waals surface area (Å²) in [4.78, 5) is 18.7. The fourth-order valence-corrected chi connectivity index (χ4v) is 4.99. The van der Waals surface area contributed by atoms with Crippen molar-refractivity contribution in [3.63, 3.8) is 0 Å². The third kappa shape index (κ3) is 4.85. The van der Waals surface area contributed by atoms with Crippen LogP contribution in [0.3, 0.4) is 0 Å². The first-order valence-corrected chi connectivity index (χ1v) is 11.5. The minimum absolute atomic E-state index is 0.0294. The lowest BCUT2D eigenvalue weighted by Crippen LogP contribution is -2.35. The molecule has 0 aliphatic heterocycles. The van der Waals surface area contributed by atoms with Crippen LogP contribution in [0.5, 0.6) is 17.2 Å². The van der Waals surface area contributed by atoms with E-state index in [0.29, 0.717) is 22.1 Å². The van der Waals surface area contributed by atoms with Crippen LogP contribution in [0.15, 0.2) is 54.6 Å². The van der Waals surface area contributed by atoms with Crippen LogP contribution in [0, 0.1) is 0 Å². The van der Waals surface area contributed by atoms with E-state index >= 15 is 0 Å². The van der Waals surface area contributed by atoms with Crippen molar-refractivity contribution in [3.05, 3.63) is 59.5 Å². The molecule has 1 unspecified atom stereocenters. The average Bonchev–Trinajstić information content (AvgIpc) is 3.48. The number of hydrogen-bond acceptors (Lipinski definition) is 8. The molecule has 0 saturated heterocycles. The Balaban J connectivity index is 1.33. The summed E-state index contributed by atoms with van der Waals surface area (Å²) in [6.07, 6.45) is -0.905. The zero-order chi connectivity index (χ0) is 22.5. The molecule has 7 nitrogen and oxygen atoms in total. The molecule has 2 heterocycles. The van der Waals surface area contributed by atoms with E-state index in [1.54, 1.807) is 35.6 Å². The number of amides is 1. The van der Waals surface area contributed by atoms with Gasteiger partial charge in [-0.1, -0.05) is 18.2 Å². The number of carbonyl (C=O) groups excluding carboxylic acids is 1. The van der Waals surface area contributed by atoms with Crippen molar-refractivity contribution in [1.82, 2.24) is 10.3 Å². The summed E-state index contributed by atoms with van der Waals surface area (Å²) < 4.78 is 17.3. The van der Waals surface area contributed by atoms with Gasteiger partial charge in [0.2, 0.25) is 5.75 Å². The van der Waals surface area contributed by atoms with Gasteiger partial charge in [0.15, 0.2) is 11.5 Å². The lowest BCUT2D eigenvalue weighted by molar-refractivity contribution is 0.0836. The predicted octanol–water partition coefficient (Wildman–Crippen LogP) is 4.21. The molecule has 0 radical (unpaired) electrons. The van der Waals surface area contributed by atoms with E-state index in [4.69, 9.17) is 14.2 Å². The number of ether oxygens (including phenoxy) is 3. The van der Waals surface area contributed by atoms with Gasteiger partial charge >= 0.3 is 0 Å². The molecule has 0 bridgehead atoms. The summed E-state index contributed by atoms with van der Waals surface area (Å²) in [7, 11) is 3.06. The summed E-state index contributed by atoms with van der Waals surface area (Å²) in [5, 5.41) is 13.9. The minimum Gasteiger partial charge on any atom is -0.493 e. The quantitative estimate of drug-likeness (QED) is 0.381. The molecule has 4 rings (SSSR count). The predicted molar refractivity (Wildman–Crippen MR) is 126 cm³/mol. The van der Waals surface area contributed by atoms with E-state index in [1.165, 1.54) is 25.6 Å². The van der Waals surface area contributed by atoms with Crippen LogP contribution in [-0.4, -0.2) is 49.5 Å². The Kier molecular flexibility index (Phi) is 6.89. The van der Waals surface area contributed by atoms with Crippen LogP contribution in [0.4, 0.5) is 0 Å². The Labute approximate surface area is 193 Å². The number of hydrogen-bond donors (Lipinski definition) is 2. The summed E-state index contributed by atoms with van der Waals surface area (Å²) >= 11 is 2.97. The average molecular weight is 471 g/mol. The fourth-order valence-electron chi connectivity index (χ4n) is 3.05. The Bertz CT molecular complexity index is 1160. The first-order chi connectivity index (χ1) is 15.6. The molecule has 2 N–H and O–H groups in total. The van der Waals surface area contributed by atoms with Crippen molar-refractivity contribution in [2.24, 2.45) is 0 Å². The normalized spacial score (nSPS) is 11.8. The zero-order valence-corrected chi connectivity index (χ0v) is 19.2. The molecule has 0 aliphatic rings. The van der Waals surface area contributed by atoms with Gasteiger partial charge in [0.25, 0.3) is 5.91 Å². The van der Waals surface area contributed by atoms with E-state index in [0.717, 1.165) is 20.1 Å². The van der Waals surface area contributed by atoms with Crippen molar-refractivity contribution in [1.29, 1.82) is 0 Å². The number of aliphatic hydroxyl groups is 1. The van der Waals surface area contributed by atoms with E-state index in [-0.39, 0.29) is 19.1 Å². The van der Waals surface area contributed by atoms with Gasteiger partial charge in [-0.05, 0) is 36.4 Å². The van der Waals surface area contributed by atoms with Crippen LogP contribution < -0.4 is 19.5 Å². The Hall–Kier alpha value is -3.14. The van der Waals surface area contributed by atoms with Gasteiger partial charge in [0.05, 0.1) is 34.2 Å². The molecule has 1 amide bonds. The minimum atomic E-state index is -0.905. The van der Waals surface area contributed by atoms with Crippen LogP contribution in [-0.2, 0) is 0 Å². The van der Waals surface area contributed by atoms with Crippen molar-refractivity contribution in [2.45, 2.75) is 6.10 Å². The number of thiazole rings is 1. The molecule has 0 fully saturated rings. The highest BCUT2D eigenvalue weighted by molar-refractivity contribution is 7.26. The monoisotopic (exact) mass is 470 g/mol. The Morgan fingerprint density at radius 2 is 1.78 bits per heavy atom. The largest absolute Gasteiger partial charge is 0.493 e. The number of benzene rings is 2. The van der Waals surface area contributed by atoms with Crippen molar-refractivity contribution < 1.29 is 24.1 Å². The molecule has 0 spiro atoms. The van der Waals surface area contributed by atoms with E-state index < -0.39 is 6.10 Å². The highest BCUT2D eigenvalue weighted by Crippen LogP contribution is 2.37. The van der Waals surface area contributed by atoms with E-state index in [1.807, 2.05) is 30.3 Å². The number of rotatable bonds is 9. The number of thiophene rings is 1. The number of fused-ring (bicyclic) bond motifs is 1. The van der Waals surface area contributed by atoms with Gasteiger partial charge in [-0.2, -0.15) is 0 Å². The maximum Gasteiger partial charge on any atom is 0.261 e. The topological polar surface area (TPSA) is 89.9 Å². The Morgan fingerprint density at radius 1 is 1.03 bits per heavy atom. The molecule has 9 heteroatoms. The number of aromatic nitrogens is 1. The summed E-state index contributed by atoms with van der Waals surface area (Å²) in [6, 6.07) is 16.9. The van der Waals surface area contributed by atoms with Crippen LogP contribution >= 0.6 is 22.7 Å². The molecule has 2 aromatic carbocycles. The Morgan fingerprint density at radius 3 is 2.50 bits per heavy atom. The smallest absolute Gasteiger partial charge is 0.261 e.